The number of aromatic nitrogens is 2. The first-order valence-electron chi connectivity index (χ1n) is 6.62. The monoisotopic (exact) mass is 244 g/mol. The fraction of sp³-hybridized carbons (Fsp3) is 0.467. The number of hydrogen-bond donors (Lipinski definition) is 0. The van der Waals surface area contributed by atoms with Crippen molar-refractivity contribution >= 4 is 0 Å². The second-order valence-corrected chi connectivity index (χ2v) is 4.82. The molecule has 0 spiro atoms. The Kier molecular flexibility index (Phi) is 4.13. The molecule has 0 N–H and O–H groups in total. The molecule has 0 radical (unpaired) electrons. The average molecular weight is 244 g/mol. The maximum Gasteiger partial charge on any atom is 0.258 e. The summed E-state index contributed by atoms with van der Waals surface area (Å²) in [4.78, 5) is 4.52. The highest BCUT2D eigenvalue weighted by Gasteiger charge is 2.15. The molecule has 0 saturated heterocycles. The van der Waals surface area contributed by atoms with Crippen molar-refractivity contribution in [1.82, 2.24) is 10.1 Å². The van der Waals surface area contributed by atoms with E-state index in [2.05, 4.69) is 37.0 Å². The van der Waals surface area contributed by atoms with Crippen LogP contribution in [0.3, 0.4) is 0 Å². The summed E-state index contributed by atoms with van der Waals surface area (Å²) in [6.07, 6.45) is 3.52. The van der Waals surface area contributed by atoms with Gasteiger partial charge in [-0.25, -0.2) is 0 Å². The van der Waals surface area contributed by atoms with Crippen molar-refractivity contribution in [3.8, 4) is 11.5 Å². The lowest BCUT2D eigenvalue weighted by Gasteiger charge is -2.03. The Balaban J connectivity index is 2.18. The fourth-order valence-electron chi connectivity index (χ4n) is 2.00. The summed E-state index contributed by atoms with van der Waals surface area (Å²) in [5.74, 6) is 1.82. The van der Waals surface area contributed by atoms with E-state index in [0.29, 0.717) is 11.8 Å². The number of rotatable bonds is 5. The highest BCUT2D eigenvalue weighted by molar-refractivity contribution is 5.57. The van der Waals surface area contributed by atoms with Gasteiger partial charge in [0.1, 0.15) is 0 Å². The van der Waals surface area contributed by atoms with Crippen LogP contribution in [0.4, 0.5) is 0 Å². The van der Waals surface area contributed by atoms with Gasteiger partial charge in [0.2, 0.25) is 0 Å². The van der Waals surface area contributed by atoms with Gasteiger partial charge in [0, 0.05) is 11.5 Å². The molecule has 3 nitrogen and oxygen atoms in total. The largest absolute Gasteiger partial charge is 0.334 e. The van der Waals surface area contributed by atoms with Gasteiger partial charge in [-0.05, 0) is 25.0 Å². The van der Waals surface area contributed by atoms with Crippen LogP contribution in [-0.2, 0) is 0 Å². The van der Waals surface area contributed by atoms with Gasteiger partial charge in [-0.3, -0.25) is 0 Å². The smallest absolute Gasteiger partial charge is 0.258 e. The van der Waals surface area contributed by atoms with Crippen molar-refractivity contribution in [3.63, 3.8) is 0 Å². The van der Waals surface area contributed by atoms with Crippen molar-refractivity contribution in [3.05, 3.63) is 35.7 Å². The Hall–Kier alpha value is -1.64. The molecule has 1 heterocycles. The van der Waals surface area contributed by atoms with E-state index in [-0.39, 0.29) is 0 Å². The van der Waals surface area contributed by atoms with E-state index in [9.17, 15) is 0 Å². The van der Waals surface area contributed by atoms with Crippen LogP contribution in [0.2, 0.25) is 0 Å². The van der Waals surface area contributed by atoms with Gasteiger partial charge in [-0.2, -0.15) is 4.98 Å². The van der Waals surface area contributed by atoms with E-state index >= 15 is 0 Å². The molecule has 2 rings (SSSR count). The zero-order chi connectivity index (χ0) is 13.0. The van der Waals surface area contributed by atoms with Crippen LogP contribution in [0.15, 0.2) is 28.8 Å². The quantitative estimate of drug-likeness (QED) is 0.785. The van der Waals surface area contributed by atoms with E-state index in [1.807, 2.05) is 18.2 Å². The lowest BCUT2D eigenvalue weighted by molar-refractivity contribution is 0.414. The molecular weight excluding hydrogens is 224 g/mol. The zero-order valence-electron chi connectivity index (χ0n) is 11.3. The van der Waals surface area contributed by atoms with Gasteiger partial charge in [0.05, 0.1) is 0 Å². The molecule has 18 heavy (non-hydrogen) atoms. The van der Waals surface area contributed by atoms with Crippen LogP contribution in [0.25, 0.3) is 11.5 Å². The Morgan fingerprint density at radius 3 is 2.78 bits per heavy atom. The van der Waals surface area contributed by atoms with Crippen LogP contribution >= 0.6 is 0 Å². The third-order valence-electron chi connectivity index (χ3n) is 3.25. The van der Waals surface area contributed by atoms with Crippen LogP contribution in [0, 0.1) is 6.92 Å². The minimum absolute atomic E-state index is 0.367. The summed E-state index contributed by atoms with van der Waals surface area (Å²) in [6.45, 7) is 6.41. The summed E-state index contributed by atoms with van der Waals surface area (Å²) >= 11 is 0. The van der Waals surface area contributed by atoms with Crippen LogP contribution in [0.5, 0.6) is 0 Å². The first-order chi connectivity index (χ1) is 8.72. The van der Waals surface area contributed by atoms with Crippen LogP contribution in [-0.4, -0.2) is 10.1 Å². The summed E-state index contributed by atoms with van der Waals surface area (Å²) in [6, 6.07) is 8.08. The minimum Gasteiger partial charge on any atom is -0.334 e. The number of hydrogen-bond acceptors (Lipinski definition) is 3. The van der Waals surface area contributed by atoms with Gasteiger partial charge in [0.25, 0.3) is 5.89 Å². The minimum atomic E-state index is 0.367. The number of benzene rings is 1. The molecule has 0 amide bonds. The molecule has 0 bridgehead atoms. The summed E-state index contributed by atoms with van der Waals surface area (Å²) in [5, 5.41) is 4.10. The lowest BCUT2D eigenvalue weighted by Crippen LogP contribution is -1.96. The first kappa shape index (κ1) is 12.8. The summed E-state index contributed by atoms with van der Waals surface area (Å²) in [5.41, 5.74) is 2.19. The average Bonchev–Trinajstić information content (AvgIpc) is 2.86. The van der Waals surface area contributed by atoms with Crippen LogP contribution in [0.1, 0.15) is 50.4 Å². The highest BCUT2D eigenvalue weighted by Crippen LogP contribution is 2.24. The second kappa shape index (κ2) is 5.80. The highest BCUT2D eigenvalue weighted by atomic mass is 16.5. The van der Waals surface area contributed by atoms with Gasteiger partial charge < -0.3 is 4.52 Å². The van der Waals surface area contributed by atoms with E-state index in [0.717, 1.165) is 23.4 Å². The number of unbranched alkanes of at least 4 members (excludes halogenated alkanes) is 1. The molecule has 0 saturated carbocycles. The number of nitrogens with zero attached hydrogens (tertiary/aromatic N) is 2. The standard InChI is InChI=1S/C15H20N2O/c1-4-5-8-12(3)14-16-15(18-17-14)13-10-7-6-9-11(13)2/h6-7,9-10,12H,4-5,8H2,1-3H3. The zero-order valence-corrected chi connectivity index (χ0v) is 11.3. The van der Waals surface area contributed by atoms with E-state index in [1.54, 1.807) is 0 Å². The molecule has 1 unspecified atom stereocenters. The van der Waals surface area contributed by atoms with Crippen molar-refractivity contribution < 1.29 is 4.52 Å². The van der Waals surface area contributed by atoms with E-state index in [1.165, 1.54) is 12.8 Å². The maximum atomic E-state index is 5.37. The van der Waals surface area contributed by atoms with E-state index in [4.69, 9.17) is 4.52 Å². The third kappa shape index (κ3) is 2.78. The van der Waals surface area contributed by atoms with Gasteiger partial charge in [0.15, 0.2) is 5.82 Å². The second-order valence-electron chi connectivity index (χ2n) is 4.82. The predicted octanol–water partition coefficient (Wildman–Crippen LogP) is 4.34. The number of aryl methyl sites for hydroxylation is 1. The Morgan fingerprint density at radius 2 is 2.06 bits per heavy atom. The molecule has 0 aliphatic carbocycles. The maximum absolute atomic E-state index is 5.37. The SMILES string of the molecule is CCCCC(C)c1noc(-c2ccccc2C)n1. The molecule has 96 valence electrons. The third-order valence-corrected chi connectivity index (χ3v) is 3.25. The Morgan fingerprint density at radius 1 is 1.28 bits per heavy atom. The molecule has 3 heteroatoms. The first-order valence-corrected chi connectivity index (χ1v) is 6.62. The Labute approximate surface area is 108 Å². The van der Waals surface area contributed by atoms with Gasteiger partial charge >= 0.3 is 0 Å². The summed E-state index contributed by atoms with van der Waals surface area (Å²) in [7, 11) is 0. The predicted molar refractivity (Wildman–Crippen MR) is 72.4 cm³/mol. The Bertz CT molecular complexity index is 505. The van der Waals surface area contributed by atoms with E-state index < -0.39 is 0 Å². The molecule has 1 atom stereocenters. The van der Waals surface area contributed by atoms with Gasteiger partial charge in [-0.15, -0.1) is 0 Å². The van der Waals surface area contributed by atoms with Gasteiger partial charge in [-0.1, -0.05) is 50.0 Å². The van der Waals surface area contributed by atoms with Crippen molar-refractivity contribution in [2.45, 2.75) is 46.0 Å². The van der Waals surface area contributed by atoms with Crippen molar-refractivity contribution in [1.29, 1.82) is 0 Å². The molecule has 2 aromatic rings. The molecule has 1 aromatic heterocycles. The van der Waals surface area contributed by atoms with Crippen molar-refractivity contribution in [2.75, 3.05) is 0 Å². The molecular formula is C15H20N2O. The fourth-order valence-corrected chi connectivity index (χ4v) is 2.00. The van der Waals surface area contributed by atoms with Crippen LogP contribution < -0.4 is 0 Å². The summed E-state index contributed by atoms with van der Waals surface area (Å²) < 4.78 is 5.37. The topological polar surface area (TPSA) is 38.9 Å². The lowest BCUT2D eigenvalue weighted by atomic mass is 10.0. The molecule has 0 fully saturated rings. The molecule has 0 aliphatic heterocycles. The normalized spacial score (nSPS) is 12.6. The van der Waals surface area contributed by atoms with Crippen molar-refractivity contribution in [2.24, 2.45) is 0 Å². The molecule has 0 aliphatic rings. The molecule has 1 aromatic carbocycles.